The number of benzene rings is 4. The third-order valence-corrected chi connectivity index (χ3v) is 10.4. The van der Waals surface area contributed by atoms with Gasteiger partial charge in [0.25, 0.3) is 10.0 Å². The van der Waals surface area contributed by atoms with Gasteiger partial charge in [-0.2, -0.15) is 0 Å². The van der Waals surface area contributed by atoms with Gasteiger partial charge in [-0.05, 0) is 67.6 Å². The van der Waals surface area contributed by atoms with Gasteiger partial charge in [0.2, 0.25) is 11.8 Å². The molecule has 0 aromatic heterocycles. The van der Waals surface area contributed by atoms with E-state index in [1.807, 2.05) is 74.5 Å². The molecule has 4 aromatic rings. The first-order valence-corrected chi connectivity index (χ1v) is 17.5. The number of amides is 2. The van der Waals surface area contributed by atoms with Gasteiger partial charge in [-0.15, -0.1) is 0 Å². The van der Waals surface area contributed by atoms with Gasteiger partial charge >= 0.3 is 0 Å². The molecule has 1 N–H and O–H groups in total. The highest BCUT2D eigenvalue weighted by atomic mass is 32.2. The van der Waals surface area contributed by atoms with Crippen molar-refractivity contribution in [2.24, 2.45) is 0 Å². The van der Waals surface area contributed by atoms with Crippen LogP contribution in [0, 0.1) is 13.8 Å². The van der Waals surface area contributed by atoms with Gasteiger partial charge < -0.3 is 10.2 Å². The fourth-order valence-electron chi connectivity index (χ4n) is 6.02. The zero-order chi connectivity index (χ0) is 32.5. The van der Waals surface area contributed by atoms with Gasteiger partial charge in [0.1, 0.15) is 12.6 Å². The maximum absolute atomic E-state index is 14.6. The van der Waals surface area contributed by atoms with Gasteiger partial charge in [0, 0.05) is 19.0 Å². The Morgan fingerprint density at radius 2 is 1.41 bits per heavy atom. The number of anilines is 1. The number of sulfonamides is 1. The second-order valence-electron chi connectivity index (χ2n) is 12.2. The Balaban J connectivity index is 1.55. The number of aryl methyl sites for hydroxylation is 2. The predicted octanol–water partition coefficient (Wildman–Crippen LogP) is 6.59. The van der Waals surface area contributed by atoms with E-state index in [0.717, 1.165) is 54.4 Å². The van der Waals surface area contributed by atoms with Crippen molar-refractivity contribution in [1.29, 1.82) is 0 Å². The van der Waals surface area contributed by atoms with Gasteiger partial charge in [-0.3, -0.25) is 13.9 Å². The highest BCUT2D eigenvalue weighted by molar-refractivity contribution is 7.92. The molecule has 0 radical (unpaired) electrons. The van der Waals surface area contributed by atoms with Crippen LogP contribution in [0.4, 0.5) is 5.69 Å². The highest BCUT2D eigenvalue weighted by Crippen LogP contribution is 2.26. The summed E-state index contributed by atoms with van der Waals surface area (Å²) in [5.41, 5.74) is 4.11. The molecular formula is C38H43N3O4S. The third-order valence-electron chi connectivity index (χ3n) is 8.60. The minimum Gasteiger partial charge on any atom is -0.352 e. The molecule has 1 atom stereocenters. The second kappa shape index (κ2) is 15.2. The average Bonchev–Trinajstić information content (AvgIpc) is 3.07. The van der Waals surface area contributed by atoms with Crippen molar-refractivity contribution >= 4 is 27.5 Å². The Labute approximate surface area is 273 Å². The van der Waals surface area contributed by atoms with Gasteiger partial charge in [-0.1, -0.05) is 110 Å². The van der Waals surface area contributed by atoms with Crippen LogP contribution in [0.3, 0.4) is 0 Å². The van der Waals surface area contributed by atoms with Crippen LogP contribution in [0.25, 0.3) is 0 Å². The molecule has 7 nitrogen and oxygen atoms in total. The predicted molar refractivity (Wildman–Crippen MR) is 183 cm³/mol. The van der Waals surface area contributed by atoms with Gasteiger partial charge in [0.15, 0.2) is 0 Å². The van der Waals surface area contributed by atoms with Crippen LogP contribution < -0.4 is 9.62 Å². The molecule has 0 spiro atoms. The normalized spacial score (nSPS) is 14.3. The van der Waals surface area contributed by atoms with Crippen molar-refractivity contribution in [2.75, 3.05) is 10.8 Å². The monoisotopic (exact) mass is 637 g/mol. The summed E-state index contributed by atoms with van der Waals surface area (Å²) in [5, 5.41) is 3.25. The van der Waals surface area contributed by atoms with E-state index >= 15 is 0 Å². The van der Waals surface area contributed by atoms with E-state index in [0.29, 0.717) is 12.1 Å². The first kappa shape index (κ1) is 32.9. The van der Waals surface area contributed by atoms with Crippen LogP contribution >= 0.6 is 0 Å². The Morgan fingerprint density at radius 3 is 2.07 bits per heavy atom. The lowest BCUT2D eigenvalue weighted by Crippen LogP contribution is -2.55. The Kier molecular flexibility index (Phi) is 10.9. The van der Waals surface area contributed by atoms with Crippen LogP contribution in [-0.4, -0.2) is 43.8 Å². The summed E-state index contributed by atoms with van der Waals surface area (Å²) >= 11 is 0. The van der Waals surface area contributed by atoms with Crippen molar-refractivity contribution in [2.45, 2.75) is 75.9 Å². The molecule has 0 bridgehead atoms. The first-order valence-electron chi connectivity index (χ1n) is 16.0. The molecule has 1 saturated carbocycles. The van der Waals surface area contributed by atoms with Crippen LogP contribution in [0.15, 0.2) is 114 Å². The molecule has 0 saturated heterocycles. The van der Waals surface area contributed by atoms with Crippen LogP contribution in [-0.2, 0) is 32.6 Å². The molecule has 0 aliphatic heterocycles. The summed E-state index contributed by atoms with van der Waals surface area (Å²) < 4.78 is 29.4. The summed E-state index contributed by atoms with van der Waals surface area (Å²) in [4.78, 5) is 30.5. The Hall–Kier alpha value is -4.43. The maximum Gasteiger partial charge on any atom is 0.264 e. The van der Waals surface area contributed by atoms with E-state index in [9.17, 15) is 18.0 Å². The lowest BCUT2D eigenvalue weighted by atomic mass is 9.94. The molecule has 4 aromatic carbocycles. The zero-order valence-corrected chi connectivity index (χ0v) is 27.5. The lowest BCUT2D eigenvalue weighted by Gasteiger charge is -2.35. The van der Waals surface area contributed by atoms with Crippen LogP contribution in [0.5, 0.6) is 0 Å². The molecule has 8 heteroatoms. The molecule has 1 aliphatic carbocycles. The van der Waals surface area contributed by atoms with E-state index in [4.69, 9.17) is 0 Å². The van der Waals surface area contributed by atoms with Crippen molar-refractivity contribution < 1.29 is 18.0 Å². The molecule has 5 rings (SSSR count). The Morgan fingerprint density at radius 1 is 0.761 bits per heavy atom. The van der Waals surface area contributed by atoms with E-state index in [1.165, 1.54) is 16.4 Å². The summed E-state index contributed by atoms with van der Waals surface area (Å²) in [6, 6.07) is 32.0. The minimum atomic E-state index is -4.12. The minimum absolute atomic E-state index is 0.0538. The fourth-order valence-corrected chi connectivity index (χ4v) is 7.45. The van der Waals surface area contributed by atoms with Gasteiger partial charge in [-0.25, -0.2) is 8.42 Å². The number of hydrogen-bond donors (Lipinski definition) is 1. The lowest BCUT2D eigenvalue weighted by molar-refractivity contribution is -0.140. The smallest absolute Gasteiger partial charge is 0.264 e. The van der Waals surface area contributed by atoms with Crippen molar-refractivity contribution in [1.82, 2.24) is 10.2 Å². The van der Waals surface area contributed by atoms with Gasteiger partial charge in [0.05, 0.1) is 10.6 Å². The summed E-state index contributed by atoms with van der Waals surface area (Å²) in [7, 11) is -4.12. The number of hydrogen-bond acceptors (Lipinski definition) is 4. The van der Waals surface area contributed by atoms with Crippen LogP contribution in [0.1, 0.15) is 54.4 Å². The zero-order valence-electron chi connectivity index (χ0n) is 26.6. The molecule has 0 unspecified atom stereocenters. The van der Waals surface area contributed by atoms with Crippen molar-refractivity contribution in [3.63, 3.8) is 0 Å². The van der Waals surface area contributed by atoms with Crippen molar-refractivity contribution in [3.8, 4) is 0 Å². The summed E-state index contributed by atoms with van der Waals surface area (Å²) in [6.07, 6.45) is 5.39. The van der Waals surface area contributed by atoms with Crippen LogP contribution in [0.2, 0.25) is 0 Å². The molecule has 46 heavy (non-hydrogen) atoms. The number of carbonyl (C=O) groups excluding carboxylic acids is 2. The number of carbonyl (C=O) groups is 2. The molecule has 1 aliphatic rings. The average molecular weight is 638 g/mol. The molecule has 0 heterocycles. The van der Waals surface area contributed by atoms with E-state index in [1.54, 1.807) is 41.3 Å². The van der Waals surface area contributed by atoms with E-state index < -0.39 is 28.5 Å². The maximum atomic E-state index is 14.6. The molecule has 1 fully saturated rings. The van der Waals surface area contributed by atoms with E-state index in [-0.39, 0.29) is 23.4 Å². The third kappa shape index (κ3) is 8.43. The SMILES string of the molecule is Cc1ccc(CN(C(=O)CN(c2cccc(C)c2)S(=O)(=O)c2ccccc2)[C@H](Cc2ccccc2)C(=O)NC2CCCCC2)cc1. The molecule has 240 valence electrons. The topological polar surface area (TPSA) is 86.8 Å². The number of nitrogens with one attached hydrogen (secondary N) is 1. The highest BCUT2D eigenvalue weighted by Gasteiger charge is 2.35. The standard InChI is InChI=1S/C38H43N3O4S/c1-29-21-23-32(24-22-29)27-40(36(26-31-14-6-3-7-15-31)38(43)39-33-16-8-4-9-17-33)37(42)28-41(34-18-12-13-30(2)25-34)46(44,45)35-19-10-5-11-20-35/h3,5-7,10-15,18-25,33,36H,4,8-9,16-17,26-28H2,1-2H3,(H,39,43)/t36-/m1/s1. The fraction of sp³-hybridized carbons (Fsp3) is 0.316. The largest absolute Gasteiger partial charge is 0.352 e. The van der Waals surface area contributed by atoms with E-state index in [2.05, 4.69) is 5.32 Å². The second-order valence-corrected chi connectivity index (χ2v) is 14.1. The summed E-state index contributed by atoms with van der Waals surface area (Å²) in [5.74, 6) is -0.675. The summed E-state index contributed by atoms with van der Waals surface area (Å²) in [6.45, 7) is 3.57. The molecular weight excluding hydrogens is 595 g/mol. The quantitative estimate of drug-likeness (QED) is 0.190. The number of rotatable bonds is 12. The first-order chi connectivity index (χ1) is 22.2. The molecule has 2 amide bonds. The van der Waals surface area contributed by atoms with Crippen molar-refractivity contribution in [3.05, 3.63) is 131 Å². The number of nitrogens with zero attached hydrogens (tertiary/aromatic N) is 2. The Bertz CT molecular complexity index is 1700.